The molecule has 2 heterocycles. The van der Waals surface area contributed by atoms with Crippen molar-refractivity contribution in [1.82, 2.24) is 19.7 Å². The lowest BCUT2D eigenvalue weighted by Gasteiger charge is -2.13. The van der Waals surface area contributed by atoms with Crippen molar-refractivity contribution in [3.8, 4) is 0 Å². The monoisotopic (exact) mass is 267 g/mol. The minimum atomic E-state index is -0.613. The van der Waals surface area contributed by atoms with Crippen LogP contribution in [0.4, 0.5) is 5.95 Å². The molecule has 0 spiro atoms. The van der Waals surface area contributed by atoms with Crippen molar-refractivity contribution in [1.29, 1.82) is 0 Å². The summed E-state index contributed by atoms with van der Waals surface area (Å²) < 4.78 is 1.42. The summed E-state index contributed by atoms with van der Waals surface area (Å²) in [5.41, 5.74) is 0.849. The molecule has 96 valence electrons. The first-order valence-corrected chi connectivity index (χ1v) is 6.23. The van der Waals surface area contributed by atoms with Gasteiger partial charge in [0.2, 0.25) is 6.33 Å². The van der Waals surface area contributed by atoms with E-state index in [1.54, 1.807) is 11.3 Å². The molecule has 7 nitrogen and oxygen atoms in total. The molecule has 8 heteroatoms. The minimum Gasteiger partial charge on any atom is -0.390 e. The van der Waals surface area contributed by atoms with E-state index in [4.69, 9.17) is 0 Å². The maximum absolute atomic E-state index is 10.5. The van der Waals surface area contributed by atoms with Crippen molar-refractivity contribution < 1.29 is 4.92 Å². The lowest BCUT2D eigenvalue weighted by Crippen LogP contribution is -2.11. The van der Waals surface area contributed by atoms with E-state index >= 15 is 0 Å². The van der Waals surface area contributed by atoms with Crippen molar-refractivity contribution >= 4 is 17.3 Å². The first-order chi connectivity index (χ1) is 8.36. The number of nitrogens with zero attached hydrogens (tertiary/aromatic N) is 5. The molecule has 0 radical (unpaired) electrons. The van der Waals surface area contributed by atoms with E-state index in [0.29, 0.717) is 6.54 Å². The van der Waals surface area contributed by atoms with Crippen molar-refractivity contribution in [2.75, 3.05) is 0 Å². The number of hydrogen-bond donors (Lipinski definition) is 0. The zero-order valence-corrected chi connectivity index (χ0v) is 11.1. The maximum atomic E-state index is 10.5. The van der Waals surface area contributed by atoms with E-state index in [0.717, 1.165) is 10.7 Å². The molecule has 0 aliphatic rings. The van der Waals surface area contributed by atoms with Crippen molar-refractivity contribution in [2.24, 2.45) is 0 Å². The fraction of sp³-hybridized carbons (Fsp3) is 0.500. The van der Waals surface area contributed by atoms with Gasteiger partial charge < -0.3 is 10.1 Å². The molecule has 0 aromatic carbocycles. The highest BCUT2D eigenvalue weighted by Crippen LogP contribution is 2.25. The van der Waals surface area contributed by atoms with Crippen LogP contribution in [0.25, 0.3) is 0 Å². The quantitative estimate of drug-likeness (QED) is 0.627. The second kappa shape index (κ2) is 4.45. The third-order valence-corrected chi connectivity index (χ3v) is 3.52. The van der Waals surface area contributed by atoms with Gasteiger partial charge in [0.15, 0.2) is 0 Å². The molecule has 2 rings (SSSR count). The van der Waals surface area contributed by atoms with Gasteiger partial charge in [-0.15, -0.1) is 11.3 Å². The molecule has 0 aliphatic heterocycles. The maximum Gasteiger partial charge on any atom is 0.490 e. The molecule has 0 atom stereocenters. The van der Waals surface area contributed by atoms with Crippen LogP contribution in [0.15, 0.2) is 11.7 Å². The van der Waals surface area contributed by atoms with E-state index in [-0.39, 0.29) is 11.4 Å². The fourth-order valence-electron chi connectivity index (χ4n) is 1.33. The largest absolute Gasteiger partial charge is 0.490 e. The third-order valence-electron chi connectivity index (χ3n) is 2.21. The summed E-state index contributed by atoms with van der Waals surface area (Å²) in [5.74, 6) is -0.388. The van der Waals surface area contributed by atoms with Gasteiger partial charge in [0.1, 0.15) is 6.54 Å². The van der Waals surface area contributed by atoms with E-state index in [1.165, 1.54) is 11.0 Å². The van der Waals surface area contributed by atoms with Crippen molar-refractivity contribution in [3.05, 3.63) is 32.5 Å². The number of hydrogen-bond acceptors (Lipinski definition) is 6. The Morgan fingerprint density at radius 3 is 2.72 bits per heavy atom. The molecule has 0 fully saturated rings. The average molecular weight is 267 g/mol. The van der Waals surface area contributed by atoms with Gasteiger partial charge in [0, 0.05) is 15.9 Å². The van der Waals surface area contributed by atoms with Gasteiger partial charge in [-0.1, -0.05) is 25.8 Å². The van der Waals surface area contributed by atoms with Crippen LogP contribution >= 0.6 is 11.3 Å². The zero-order valence-electron chi connectivity index (χ0n) is 10.3. The van der Waals surface area contributed by atoms with E-state index in [9.17, 15) is 10.1 Å². The van der Waals surface area contributed by atoms with Crippen molar-refractivity contribution in [2.45, 2.75) is 32.7 Å². The van der Waals surface area contributed by atoms with Gasteiger partial charge in [0.05, 0.1) is 10.7 Å². The summed E-state index contributed by atoms with van der Waals surface area (Å²) >= 11 is 1.58. The summed E-state index contributed by atoms with van der Waals surface area (Å²) in [5, 5.41) is 17.2. The van der Waals surface area contributed by atoms with Crippen LogP contribution < -0.4 is 0 Å². The normalized spacial score (nSPS) is 11.7. The van der Waals surface area contributed by atoms with E-state index < -0.39 is 4.92 Å². The Bertz CT molecular complexity index is 569. The minimum absolute atomic E-state index is 0.0112. The summed E-state index contributed by atoms with van der Waals surface area (Å²) in [4.78, 5) is 17.9. The number of thiazole rings is 1. The molecule has 2 aromatic heterocycles. The van der Waals surface area contributed by atoms with Crippen molar-refractivity contribution in [3.63, 3.8) is 0 Å². The smallest absolute Gasteiger partial charge is 0.390 e. The molecule has 0 unspecified atom stereocenters. The van der Waals surface area contributed by atoms with Crippen LogP contribution in [0.5, 0.6) is 0 Å². The first-order valence-electron chi connectivity index (χ1n) is 5.35. The van der Waals surface area contributed by atoms with E-state index in [1.807, 2.05) is 5.38 Å². The molecule has 0 N–H and O–H groups in total. The molecule has 18 heavy (non-hydrogen) atoms. The standard InChI is InChI=1S/C10H13N5O2S/c1-10(2,3)8-12-7(5-18-8)4-14-6-11-9(13-14)15(16)17/h5-6H,4H2,1-3H3. The molecule has 0 saturated carbocycles. The number of nitro groups is 1. The molecule has 0 bridgehead atoms. The lowest BCUT2D eigenvalue weighted by molar-refractivity contribution is -0.394. The second-order valence-corrected chi connectivity index (χ2v) is 5.75. The van der Waals surface area contributed by atoms with Gasteiger partial charge in [-0.2, -0.15) is 4.68 Å². The van der Waals surface area contributed by atoms with Crippen LogP contribution in [-0.4, -0.2) is 24.7 Å². The number of aromatic nitrogens is 4. The molecule has 0 saturated heterocycles. The fourth-order valence-corrected chi connectivity index (χ4v) is 2.23. The van der Waals surface area contributed by atoms with Crippen LogP contribution in [0.1, 0.15) is 31.5 Å². The average Bonchev–Trinajstić information content (AvgIpc) is 2.85. The van der Waals surface area contributed by atoms with Crippen LogP contribution in [0.2, 0.25) is 0 Å². The van der Waals surface area contributed by atoms with Crippen LogP contribution in [0.3, 0.4) is 0 Å². The Labute approximate surface area is 108 Å². The van der Waals surface area contributed by atoms with Crippen LogP contribution in [0, 0.1) is 10.1 Å². The van der Waals surface area contributed by atoms with Gasteiger partial charge in [0.25, 0.3) is 0 Å². The van der Waals surface area contributed by atoms with E-state index in [2.05, 4.69) is 35.8 Å². The predicted octanol–water partition coefficient (Wildman–Crippen LogP) is 1.99. The Balaban J connectivity index is 2.14. The SMILES string of the molecule is CC(C)(C)c1nc(Cn2cnc([N+](=O)[O-])n2)cs1. The lowest BCUT2D eigenvalue weighted by atomic mass is 9.98. The number of rotatable bonds is 3. The van der Waals surface area contributed by atoms with Gasteiger partial charge in [-0.3, -0.25) is 0 Å². The zero-order chi connectivity index (χ0) is 13.3. The Kier molecular flexibility index (Phi) is 3.12. The highest BCUT2D eigenvalue weighted by atomic mass is 32.1. The predicted molar refractivity (Wildman–Crippen MR) is 66.6 cm³/mol. The molecule has 0 aliphatic carbocycles. The van der Waals surface area contributed by atoms with Gasteiger partial charge >= 0.3 is 5.95 Å². The highest BCUT2D eigenvalue weighted by Gasteiger charge is 2.19. The van der Waals surface area contributed by atoms with Crippen LogP contribution in [-0.2, 0) is 12.0 Å². The Hall–Kier alpha value is -1.83. The third kappa shape index (κ3) is 2.70. The Morgan fingerprint density at radius 1 is 1.50 bits per heavy atom. The first kappa shape index (κ1) is 12.6. The molecule has 2 aromatic rings. The summed E-state index contributed by atoms with van der Waals surface area (Å²) in [6.45, 7) is 6.68. The molecular weight excluding hydrogens is 254 g/mol. The molecule has 0 amide bonds. The Morgan fingerprint density at radius 2 is 2.22 bits per heavy atom. The highest BCUT2D eigenvalue weighted by molar-refractivity contribution is 7.09. The second-order valence-electron chi connectivity index (χ2n) is 4.89. The summed E-state index contributed by atoms with van der Waals surface area (Å²) in [6, 6.07) is 0. The topological polar surface area (TPSA) is 86.7 Å². The molecular formula is C10H13N5O2S. The summed E-state index contributed by atoms with van der Waals surface area (Å²) in [7, 11) is 0. The van der Waals surface area contributed by atoms with Gasteiger partial charge in [-0.05, 0) is 4.92 Å². The van der Waals surface area contributed by atoms with Gasteiger partial charge in [-0.25, -0.2) is 4.98 Å². The summed E-state index contributed by atoms with van der Waals surface area (Å²) in [6.07, 6.45) is 1.34.